The van der Waals surface area contributed by atoms with Gasteiger partial charge in [0.05, 0.1) is 13.2 Å². The van der Waals surface area contributed by atoms with Crippen molar-refractivity contribution < 1.29 is 17.9 Å². The minimum absolute atomic E-state index is 0.0230. The molecule has 0 aromatic heterocycles. The molecule has 1 aliphatic rings. The average Bonchev–Trinajstić information content (AvgIpc) is 2.62. The molecule has 1 saturated heterocycles. The Hall–Kier alpha value is -1.48. The van der Waals surface area contributed by atoms with Crippen LogP contribution in [-0.2, 0) is 26.3 Å². The van der Waals surface area contributed by atoms with Gasteiger partial charge in [-0.2, -0.15) is 17.0 Å². The SMILES string of the molecule is CN(C)S(=O)(=O)N1CCC(C(=O)NCCOCc2ccccc2)CC1. The zero-order chi connectivity index (χ0) is 18.3. The zero-order valence-electron chi connectivity index (χ0n) is 14.8. The summed E-state index contributed by atoms with van der Waals surface area (Å²) < 4.78 is 32.3. The van der Waals surface area contributed by atoms with Gasteiger partial charge in [-0.25, -0.2) is 0 Å². The second-order valence-corrected chi connectivity index (χ2v) is 8.44. The van der Waals surface area contributed by atoms with Gasteiger partial charge in [0.1, 0.15) is 0 Å². The van der Waals surface area contributed by atoms with E-state index in [1.807, 2.05) is 30.3 Å². The van der Waals surface area contributed by atoms with Gasteiger partial charge in [0.25, 0.3) is 10.2 Å². The third-order valence-electron chi connectivity index (χ3n) is 4.27. The van der Waals surface area contributed by atoms with Crippen molar-refractivity contribution in [3.05, 3.63) is 35.9 Å². The third kappa shape index (κ3) is 5.78. The number of carbonyl (C=O) groups is 1. The van der Waals surface area contributed by atoms with E-state index in [-0.39, 0.29) is 11.8 Å². The number of hydrogen-bond acceptors (Lipinski definition) is 4. The number of nitrogens with one attached hydrogen (secondary N) is 1. The lowest BCUT2D eigenvalue weighted by atomic mass is 9.97. The molecule has 1 N–H and O–H groups in total. The van der Waals surface area contributed by atoms with E-state index in [9.17, 15) is 13.2 Å². The fraction of sp³-hybridized carbons (Fsp3) is 0.588. The molecule has 140 valence electrons. The Morgan fingerprint density at radius 2 is 1.88 bits per heavy atom. The van der Waals surface area contributed by atoms with Gasteiger partial charge in [-0.05, 0) is 18.4 Å². The number of amides is 1. The maximum absolute atomic E-state index is 12.2. The summed E-state index contributed by atoms with van der Waals surface area (Å²) in [6.45, 7) is 2.19. The molecule has 1 heterocycles. The molecule has 0 unspecified atom stereocenters. The van der Waals surface area contributed by atoms with Crippen LogP contribution in [0.2, 0.25) is 0 Å². The van der Waals surface area contributed by atoms with Gasteiger partial charge in [0, 0.05) is 39.6 Å². The van der Waals surface area contributed by atoms with E-state index in [0.717, 1.165) is 5.56 Å². The van der Waals surface area contributed by atoms with E-state index in [1.165, 1.54) is 22.7 Å². The summed E-state index contributed by atoms with van der Waals surface area (Å²) in [5, 5.41) is 2.87. The standard InChI is InChI=1S/C17H27N3O4S/c1-19(2)25(22,23)20-11-8-16(9-12-20)17(21)18-10-13-24-14-15-6-4-3-5-7-15/h3-7,16H,8-14H2,1-2H3,(H,18,21). The van der Waals surface area contributed by atoms with Gasteiger partial charge < -0.3 is 10.1 Å². The first-order valence-electron chi connectivity index (χ1n) is 8.48. The lowest BCUT2D eigenvalue weighted by molar-refractivity contribution is -0.126. The summed E-state index contributed by atoms with van der Waals surface area (Å²) >= 11 is 0. The Labute approximate surface area is 150 Å². The number of ether oxygens (including phenoxy) is 1. The van der Waals surface area contributed by atoms with Gasteiger partial charge in [-0.15, -0.1) is 0 Å². The molecule has 25 heavy (non-hydrogen) atoms. The summed E-state index contributed by atoms with van der Waals surface area (Å²) in [4.78, 5) is 12.2. The van der Waals surface area contributed by atoms with Crippen molar-refractivity contribution in [2.45, 2.75) is 19.4 Å². The molecule has 1 amide bonds. The Morgan fingerprint density at radius 3 is 2.48 bits per heavy atom. The second-order valence-electron chi connectivity index (χ2n) is 6.29. The molecular formula is C17H27N3O4S. The molecule has 1 aromatic rings. The predicted octanol–water partition coefficient (Wildman–Crippen LogP) is 0.838. The van der Waals surface area contributed by atoms with Gasteiger partial charge in [0.15, 0.2) is 0 Å². The van der Waals surface area contributed by atoms with Crippen LogP contribution in [-0.4, -0.2) is 63.3 Å². The minimum atomic E-state index is -3.38. The molecule has 0 bridgehead atoms. The highest BCUT2D eigenvalue weighted by Gasteiger charge is 2.31. The normalized spacial score (nSPS) is 16.9. The van der Waals surface area contributed by atoms with Crippen molar-refractivity contribution in [3.8, 4) is 0 Å². The fourth-order valence-corrected chi connectivity index (χ4v) is 3.87. The van der Waals surface area contributed by atoms with Crippen molar-refractivity contribution in [1.82, 2.24) is 13.9 Å². The lowest BCUT2D eigenvalue weighted by Gasteiger charge is -2.32. The van der Waals surface area contributed by atoms with Crippen LogP contribution in [0.5, 0.6) is 0 Å². The summed E-state index contributed by atoms with van der Waals surface area (Å²) in [6, 6.07) is 9.87. The predicted molar refractivity (Wildman–Crippen MR) is 96.0 cm³/mol. The highest BCUT2D eigenvalue weighted by Crippen LogP contribution is 2.20. The summed E-state index contributed by atoms with van der Waals surface area (Å²) in [7, 11) is -0.350. The fourth-order valence-electron chi connectivity index (χ4n) is 2.73. The van der Waals surface area contributed by atoms with Crippen molar-refractivity contribution in [1.29, 1.82) is 0 Å². The Balaban J connectivity index is 1.64. The van der Waals surface area contributed by atoms with Crippen LogP contribution in [0.3, 0.4) is 0 Å². The Kier molecular flexibility index (Phi) is 7.37. The summed E-state index contributed by atoms with van der Waals surface area (Å²) in [5.41, 5.74) is 1.10. The van der Waals surface area contributed by atoms with Gasteiger partial charge >= 0.3 is 0 Å². The van der Waals surface area contributed by atoms with E-state index in [0.29, 0.717) is 45.7 Å². The van der Waals surface area contributed by atoms with Gasteiger partial charge in [-0.3, -0.25) is 4.79 Å². The van der Waals surface area contributed by atoms with E-state index in [4.69, 9.17) is 4.74 Å². The van der Waals surface area contributed by atoms with E-state index < -0.39 is 10.2 Å². The smallest absolute Gasteiger partial charge is 0.281 e. The number of nitrogens with zero attached hydrogens (tertiary/aromatic N) is 2. The molecule has 2 rings (SSSR count). The maximum Gasteiger partial charge on any atom is 0.281 e. The van der Waals surface area contributed by atoms with Crippen molar-refractivity contribution in [3.63, 3.8) is 0 Å². The molecule has 7 nitrogen and oxygen atoms in total. The van der Waals surface area contributed by atoms with Crippen molar-refractivity contribution >= 4 is 16.1 Å². The Bertz CT molecular complexity index is 641. The lowest BCUT2D eigenvalue weighted by Crippen LogP contribution is -2.47. The molecule has 0 spiro atoms. The van der Waals surface area contributed by atoms with Crippen LogP contribution in [0.1, 0.15) is 18.4 Å². The number of benzene rings is 1. The quantitative estimate of drug-likeness (QED) is 0.689. The molecule has 8 heteroatoms. The molecule has 1 aliphatic heterocycles. The molecule has 0 atom stereocenters. The van der Waals surface area contributed by atoms with Crippen LogP contribution in [0.4, 0.5) is 0 Å². The van der Waals surface area contributed by atoms with E-state index in [1.54, 1.807) is 0 Å². The monoisotopic (exact) mass is 369 g/mol. The molecular weight excluding hydrogens is 342 g/mol. The highest BCUT2D eigenvalue weighted by atomic mass is 32.2. The van der Waals surface area contributed by atoms with Crippen LogP contribution in [0.25, 0.3) is 0 Å². The number of hydrogen-bond donors (Lipinski definition) is 1. The molecule has 1 fully saturated rings. The first kappa shape index (κ1) is 19.8. The molecule has 0 radical (unpaired) electrons. The van der Waals surface area contributed by atoms with E-state index >= 15 is 0 Å². The topological polar surface area (TPSA) is 79.0 Å². The van der Waals surface area contributed by atoms with Crippen LogP contribution >= 0.6 is 0 Å². The summed E-state index contributed by atoms with van der Waals surface area (Å²) in [5.74, 6) is -0.159. The average molecular weight is 369 g/mol. The molecule has 0 saturated carbocycles. The summed E-state index contributed by atoms with van der Waals surface area (Å²) in [6.07, 6.45) is 1.09. The van der Waals surface area contributed by atoms with Crippen molar-refractivity contribution in [2.24, 2.45) is 5.92 Å². The largest absolute Gasteiger partial charge is 0.375 e. The minimum Gasteiger partial charge on any atom is -0.375 e. The number of rotatable bonds is 8. The van der Waals surface area contributed by atoms with Crippen LogP contribution in [0, 0.1) is 5.92 Å². The molecule has 0 aliphatic carbocycles. The van der Waals surface area contributed by atoms with E-state index in [2.05, 4.69) is 5.32 Å². The number of piperidine rings is 1. The Morgan fingerprint density at radius 1 is 1.24 bits per heavy atom. The van der Waals surface area contributed by atoms with Gasteiger partial charge in [0.2, 0.25) is 5.91 Å². The number of carbonyl (C=O) groups excluding carboxylic acids is 1. The second kappa shape index (κ2) is 9.28. The highest BCUT2D eigenvalue weighted by molar-refractivity contribution is 7.86. The molecule has 1 aromatic carbocycles. The van der Waals surface area contributed by atoms with Gasteiger partial charge in [-0.1, -0.05) is 30.3 Å². The third-order valence-corrected chi connectivity index (χ3v) is 6.21. The first-order valence-corrected chi connectivity index (χ1v) is 9.88. The first-order chi connectivity index (χ1) is 11.9. The van der Waals surface area contributed by atoms with Crippen molar-refractivity contribution in [2.75, 3.05) is 40.3 Å². The zero-order valence-corrected chi connectivity index (χ0v) is 15.7. The van der Waals surface area contributed by atoms with Crippen LogP contribution < -0.4 is 5.32 Å². The van der Waals surface area contributed by atoms with Crippen LogP contribution in [0.15, 0.2) is 30.3 Å². The maximum atomic E-state index is 12.2.